The van der Waals surface area contributed by atoms with Gasteiger partial charge in [-0.25, -0.2) is 14.8 Å². The summed E-state index contributed by atoms with van der Waals surface area (Å²) < 4.78 is 5.42. The molecule has 1 aromatic rings. The molecule has 1 aliphatic heterocycles. The number of carbonyl (C=O) groups excluding carboxylic acids is 1. The lowest BCUT2D eigenvalue weighted by Gasteiger charge is -2.24. The Kier molecular flexibility index (Phi) is 6.45. The van der Waals surface area contributed by atoms with Crippen LogP contribution >= 0.6 is 35.1 Å². The second-order valence-electron chi connectivity index (χ2n) is 6.41. The van der Waals surface area contributed by atoms with Crippen LogP contribution in [0.3, 0.4) is 0 Å². The maximum absolute atomic E-state index is 12.1. The minimum atomic E-state index is -0.449. The molecule has 0 radical (unpaired) electrons. The molecule has 0 saturated carbocycles. The van der Waals surface area contributed by atoms with Crippen LogP contribution in [-0.4, -0.2) is 51.7 Å². The fourth-order valence-electron chi connectivity index (χ4n) is 2.21. The summed E-state index contributed by atoms with van der Waals surface area (Å²) in [6, 6.07) is 1.78. The van der Waals surface area contributed by atoms with Gasteiger partial charge >= 0.3 is 6.09 Å². The van der Waals surface area contributed by atoms with Gasteiger partial charge < -0.3 is 9.64 Å². The van der Waals surface area contributed by atoms with Crippen molar-refractivity contribution >= 4 is 41.2 Å². The van der Waals surface area contributed by atoms with E-state index in [0.717, 1.165) is 30.3 Å². The van der Waals surface area contributed by atoms with E-state index in [1.165, 1.54) is 11.8 Å². The average molecular weight is 376 g/mol. The molecule has 0 bridgehead atoms. The van der Waals surface area contributed by atoms with Crippen molar-refractivity contribution < 1.29 is 9.53 Å². The molecule has 2 rings (SSSR count). The van der Waals surface area contributed by atoms with E-state index in [9.17, 15) is 4.79 Å². The summed E-state index contributed by atoms with van der Waals surface area (Å²) in [5.41, 5.74) is -0.449. The molecule has 128 valence electrons. The van der Waals surface area contributed by atoms with Gasteiger partial charge in [0.05, 0.1) is 0 Å². The first-order valence-corrected chi connectivity index (χ1v) is 10.0. The molecule has 5 nitrogen and oxygen atoms in total. The molecule has 1 aliphatic rings. The Balaban J connectivity index is 1.84. The van der Waals surface area contributed by atoms with Crippen molar-refractivity contribution in [3.63, 3.8) is 0 Å². The zero-order chi connectivity index (χ0) is 17.0. The third kappa shape index (κ3) is 6.04. The van der Waals surface area contributed by atoms with Gasteiger partial charge in [-0.05, 0) is 39.4 Å². The van der Waals surface area contributed by atoms with E-state index in [-0.39, 0.29) is 6.09 Å². The van der Waals surface area contributed by atoms with Gasteiger partial charge in [-0.1, -0.05) is 23.4 Å². The quantitative estimate of drug-likeness (QED) is 0.446. The number of nitrogens with zero attached hydrogens (tertiary/aromatic N) is 3. The fraction of sp³-hybridized carbons (Fsp3) is 0.667. The van der Waals surface area contributed by atoms with Crippen LogP contribution in [0.4, 0.5) is 4.79 Å². The van der Waals surface area contributed by atoms with Gasteiger partial charge in [0.25, 0.3) is 0 Å². The van der Waals surface area contributed by atoms with E-state index in [0.29, 0.717) is 16.2 Å². The molecular formula is C15H22ClN3O2S2. The second kappa shape index (κ2) is 7.94. The van der Waals surface area contributed by atoms with E-state index < -0.39 is 5.60 Å². The molecule has 1 fully saturated rings. The number of rotatable bonds is 4. The van der Waals surface area contributed by atoms with E-state index in [2.05, 4.69) is 9.97 Å². The number of amides is 1. The fourth-order valence-corrected chi connectivity index (χ4v) is 3.97. The zero-order valence-corrected chi connectivity index (χ0v) is 16.2. The predicted octanol–water partition coefficient (Wildman–Crippen LogP) is 4.20. The summed E-state index contributed by atoms with van der Waals surface area (Å²) in [6.07, 6.45) is 2.69. The van der Waals surface area contributed by atoms with Gasteiger partial charge in [0.2, 0.25) is 0 Å². The molecule has 0 spiro atoms. The summed E-state index contributed by atoms with van der Waals surface area (Å²) in [4.78, 5) is 22.4. The Morgan fingerprint density at radius 1 is 1.48 bits per heavy atom. The lowest BCUT2D eigenvalue weighted by atomic mass is 10.2. The molecular weight excluding hydrogens is 354 g/mol. The number of aromatic nitrogens is 2. The first-order valence-electron chi connectivity index (χ1n) is 7.46. The number of halogens is 1. The zero-order valence-electron chi connectivity index (χ0n) is 13.8. The Hall–Kier alpha value is -0.660. The monoisotopic (exact) mass is 375 g/mol. The highest BCUT2D eigenvalue weighted by atomic mass is 35.5. The molecule has 2 heterocycles. The van der Waals surface area contributed by atoms with Crippen LogP contribution in [0.2, 0.25) is 5.15 Å². The average Bonchev–Trinajstić information content (AvgIpc) is 2.91. The summed E-state index contributed by atoms with van der Waals surface area (Å²) in [5.74, 6) is 1.35. The van der Waals surface area contributed by atoms with Crippen LogP contribution in [0.25, 0.3) is 0 Å². The maximum atomic E-state index is 12.1. The molecule has 23 heavy (non-hydrogen) atoms. The van der Waals surface area contributed by atoms with E-state index in [1.807, 2.05) is 27.0 Å². The Morgan fingerprint density at radius 3 is 2.87 bits per heavy atom. The maximum Gasteiger partial charge on any atom is 0.410 e. The third-order valence-corrected chi connectivity index (χ3v) is 5.12. The van der Waals surface area contributed by atoms with Crippen LogP contribution in [0.15, 0.2) is 16.2 Å². The molecule has 0 aromatic carbocycles. The summed E-state index contributed by atoms with van der Waals surface area (Å²) in [6.45, 7) is 7.14. The predicted molar refractivity (Wildman–Crippen MR) is 95.5 cm³/mol. The molecule has 0 N–H and O–H groups in total. The van der Waals surface area contributed by atoms with Crippen molar-refractivity contribution in [2.45, 2.75) is 43.0 Å². The minimum Gasteiger partial charge on any atom is -0.444 e. The van der Waals surface area contributed by atoms with Crippen LogP contribution in [0.5, 0.6) is 0 Å². The lowest BCUT2D eigenvalue weighted by molar-refractivity contribution is 0.0289. The largest absolute Gasteiger partial charge is 0.444 e. The molecule has 1 aromatic heterocycles. The first-order chi connectivity index (χ1) is 10.8. The van der Waals surface area contributed by atoms with Gasteiger partial charge in [-0.15, -0.1) is 11.8 Å². The third-order valence-electron chi connectivity index (χ3n) is 3.24. The molecule has 1 atom stereocenters. The van der Waals surface area contributed by atoms with Crippen molar-refractivity contribution in [3.05, 3.63) is 11.2 Å². The molecule has 0 aliphatic carbocycles. The smallest absolute Gasteiger partial charge is 0.410 e. The van der Waals surface area contributed by atoms with Crippen LogP contribution in [0, 0.1) is 5.92 Å². The second-order valence-corrected chi connectivity index (χ2v) is 8.61. The van der Waals surface area contributed by atoms with E-state index in [1.54, 1.807) is 22.7 Å². The highest BCUT2D eigenvalue weighted by molar-refractivity contribution is 7.99. The highest BCUT2D eigenvalue weighted by Gasteiger charge is 2.29. The molecule has 1 amide bonds. The highest BCUT2D eigenvalue weighted by Crippen LogP contribution is 2.28. The summed E-state index contributed by atoms with van der Waals surface area (Å²) >= 11 is 9.14. The normalized spacial score (nSPS) is 18.3. The van der Waals surface area contributed by atoms with Crippen LogP contribution in [-0.2, 0) is 4.74 Å². The van der Waals surface area contributed by atoms with Gasteiger partial charge in [-0.3, -0.25) is 0 Å². The summed E-state index contributed by atoms with van der Waals surface area (Å²) in [5, 5.41) is 2.03. The lowest BCUT2D eigenvalue weighted by Crippen LogP contribution is -2.35. The molecule has 8 heteroatoms. The van der Waals surface area contributed by atoms with Gasteiger partial charge in [0.15, 0.2) is 5.16 Å². The number of likely N-dealkylation sites (tertiary alicyclic amines) is 1. The molecule has 1 saturated heterocycles. The Labute approximate surface area is 150 Å². The number of thioether (sulfide) groups is 2. The van der Waals surface area contributed by atoms with Gasteiger partial charge in [-0.2, -0.15) is 0 Å². The number of carbonyl (C=O) groups is 1. The number of hydrogen-bond acceptors (Lipinski definition) is 6. The van der Waals surface area contributed by atoms with Crippen molar-refractivity contribution in [2.75, 3.05) is 25.1 Å². The van der Waals surface area contributed by atoms with Crippen LogP contribution in [0.1, 0.15) is 27.2 Å². The van der Waals surface area contributed by atoms with E-state index >= 15 is 0 Å². The van der Waals surface area contributed by atoms with Crippen LogP contribution < -0.4 is 0 Å². The standard InChI is InChI=1S/C15H22ClN3O2S2/c1-15(2,3)21-14(20)19-6-5-10(8-19)9-23-12-7-11(16)17-13(18-12)22-4/h7,10H,5-6,8-9H2,1-4H3/t10-/m0/s1. The minimum absolute atomic E-state index is 0.222. The number of ether oxygens (including phenoxy) is 1. The van der Waals surface area contributed by atoms with Crippen molar-refractivity contribution in [2.24, 2.45) is 5.92 Å². The Morgan fingerprint density at radius 2 is 2.22 bits per heavy atom. The van der Waals surface area contributed by atoms with Gasteiger partial charge in [0.1, 0.15) is 15.8 Å². The van der Waals surface area contributed by atoms with E-state index in [4.69, 9.17) is 16.3 Å². The SMILES string of the molecule is CSc1nc(Cl)cc(SC[C@H]2CCN(C(=O)OC(C)(C)C)C2)n1. The first kappa shape index (κ1) is 18.7. The number of hydrogen-bond donors (Lipinski definition) is 0. The summed E-state index contributed by atoms with van der Waals surface area (Å²) in [7, 11) is 0. The van der Waals surface area contributed by atoms with Crippen molar-refractivity contribution in [1.29, 1.82) is 0 Å². The van der Waals surface area contributed by atoms with Crippen molar-refractivity contribution in [3.8, 4) is 0 Å². The molecule has 0 unspecified atom stereocenters. The Bertz CT molecular complexity index is 566. The van der Waals surface area contributed by atoms with Crippen molar-refractivity contribution in [1.82, 2.24) is 14.9 Å². The van der Waals surface area contributed by atoms with Gasteiger partial charge in [0, 0.05) is 24.9 Å². The topological polar surface area (TPSA) is 55.3 Å².